The van der Waals surface area contributed by atoms with E-state index in [0.717, 1.165) is 37.4 Å². The molecule has 0 radical (unpaired) electrons. The van der Waals surface area contributed by atoms with Gasteiger partial charge in [-0.25, -0.2) is 4.39 Å². The molecule has 2 heterocycles. The molecule has 1 fully saturated rings. The van der Waals surface area contributed by atoms with Crippen LogP contribution >= 0.6 is 11.3 Å². The zero-order valence-corrected chi connectivity index (χ0v) is 16.1. The highest BCUT2D eigenvalue weighted by Crippen LogP contribution is 2.30. The number of likely N-dealkylation sites (tertiary alicyclic amines) is 1. The highest BCUT2D eigenvalue weighted by atomic mass is 32.1. The summed E-state index contributed by atoms with van der Waals surface area (Å²) in [7, 11) is 0. The first kappa shape index (κ1) is 18.8. The second kappa shape index (κ2) is 8.60. The van der Waals surface area contributed by atoms with Gasteiger partial charge in [-0.3, -0.25) is 9.69 Å². The smallest absolute Gasteiger partial charge is 0.261 e. The van der Waals surface area contributed by atoms with Gasteiger partial charge in [-0.2, -0.15) is 0 Å². The fourth-order valence-electron chi connectivity index (χ4n) is 3.09. The van der Waals surface area contributed by atoms with Crippen molar-refractivity contribution >= 4 is 17.2 Å². The van der Waals surface area contributed by atoms with Gasteiger partial charge in [0.05, 0.1) is 4.88 Å². The molecule has 1 aliphatic rings. The summed E-state index contributed by atoms with van der Waals surface area (Å²) in [4.78, 5) is 16.4. The minimum atomic E-state index is -0.259. The van der Waals surface area contributed by atoms with Crippen LogP contribution < -0.4 is 5.32 Å². The maximum Gasteiger partial charge on any atom is 0.261 e. The fourth-order valence-corrected chi connectivity index (χ4v) is 4.03. The van der Waals surface area contributed by atoms with Crippen molar-refractivity contribution in [3.8, 4) is 10.4 Å². The average Bonchev–Trinajstić information content (AvgIpc) is 3.11. The van der Waals surface area contributed by atoms with E-state index in [9.17, 15) is 9.18 Å². The lowest BCUT2D eigenvalue weighted by Gasteiger charge is -2.31. The van der Waals surface area contributed by atoms with E-state index in [0.29, 0.717) is 10.4 Å². The Labute approximate surface area is 158 Å². The lowest BCUT2D eigenvalue weighted by Crippen LogP contribution is -2.44. The molecule has 0 spiro atoms. The van der Waals surface area contributed by atoms with Crippen molar-refractivity contribution in [2.24, 2.45) is 0 Å². The van der Waals surface area contributed by atoms with Crippen LogP contribution in [0.1, 0.15) is 36.4 Å². The van der Waals surface area contributed by atoms with Crippen LogP contribution in [0.5, 0.6) is 0 Å². The third-order valence-electron chi connectivity index (χ3n) is 4.65. The monoisotopic (exact) mass is 372 g/mol. The molecule has 0 unspecified atom stereocenters. The van der Waals surface area contributed by atoms with E-state index >= 15 is 0 Å². The van der Waals surface area contributed by atoms with Crippen molar-refractivity contribution in [3.05, 3.63) is 58.7 Å². The summed E-state index contributed by atoms with van der Waals surface area (Å²) in [5.74, 6) is -0.314. The second-order valence-corrected chi connectivity index (χ2v) is 8.06. The maximum absolute atomic E-state index is 13.9. The lowest BCUT2D eigenvalue weighted by atomic mass is 10.0. The SMILES string of the molecule is CC(C)=CCN1CCC(NC(=O)c2ccc(-c3ccccc3F)s2)CC1. The first-order valence-corrected chi connectivity index (χ1v) is 9.86. The van der Waals surface area contributed by atoms with Crippen molar-refractivity contribution in [3.63, 3.8) is 0 Å². The van der Waals surface area contributed by atoms with Gasteiger partial charge < -0.3 is 5.32 Å². The van der Waals surface area contributed by atoms with Gasteiger partial charge in [0, 0.05) is 36.1 Å². The van der Waals surface area contributed by atoms with Gasteiger partial charge in [-0.15, -0.1) is 11.3 Å². The molecule has 0 bridgehead atoms. The van der Waals surface area contributed by atoms with Crippen LogP contribution in [-0.4, -0.2) is 36.5 Å². The molecule has 1 aromatic heterocycles. The van der Waals surface area contributed by atoms with Gasteiger partial charge in [0.2, 0.25) is 0 Å². The number of halogens is 1. The van der Waals surface area contributed by atoms with E-state index in [2.05, 4.69) is 30.1 Å². The summed E-state index contributed by atoms with van der Waals surface area (Å²) in [6, 6.07) is 10.5. The maximum atomic E-state index is 13.9. The van der Waals surface area contributed by atoms with Crippen LogP contribution in [0.25, 0.3) is 10.4 Å². The Balaban J connectivity index is 1.55. The Morgan fingerprint density at radius 3 is 2.65 bits per heavy atom. The minimum absolute atomic E-state index is 0.0552. The standard InChI is InChI=1S/C21H25FN2OS/c1-15(2)9-12-24-13-10-16(11-14-24)23-21(25)20-8-7-19(26-20)17-5-3-4-6-18(17)22/h3-9,16H,10-14H2,1-2H3,(H,23,25). The van der Waals surface area contributed by atoms with E-state index in [1.54, 1.807) is 24.3 Å². The van der Waals surface area contributed by atoms with Crippen molar-refractivity contribution in [2.75, 3.05) is 19.6 Å². The average molecular weight is 373 g/mol. The molecule has 5 heteroatoms. The number of nitrogens with one attached hydrogen (secondary N) is 1. The number of carbonyl (C=O) groups excluding carboxylic acids is 1. The van der Waals surface area contributed by atoms with Crippen LogP contribution in [0.2, 0.25) is 0 Å². The van der Waals surface area contributed by atoms with Crippen molar-refractivity contribution in [1.29, 1.82) is 0 Å². The molecule has 1 amide bonds. The summed E-state index contributed by atoms with van der Waals surface area (Å²) in [6.45, 7) is 7.21. The number of benzene rings is 1. The number of carbonyl (C=O) groups is 1. The van der Waals surface area contributed by atoms with Crippen molar-refractivity contribution < 1.29 is 9.18 Å². The molecule has 1 aromatic carbocycles. The Bertz CT molecular complexity index is 787. The van der Waals surface area contributed by atoms with Gasteiger partial charge in [0.1, 0.15) is 5.82 Å². The minimum Gasteiger partial charge on any atom is -0.349 e. The van der Waals surface area contributed by atoms with Crippen LogP contribution in [0.3, 0.4) is 0 Å². The predicted molar refractivity (Wildman–Crippen MR) is 106 cm³/mol. The topological polar surface area (TPSA) is 32.3 Å². The van der Waals surface area contributed by atoms with Crippen LogP contribution in [0.15, 0.2) is 48.0 Å². The van der Waals surface area contributed by atoms with E-state index in [4.69, 9.17) is 0 Å². The molecule has 1 aliphatic heterocycles. The van der Waals surface area contributed by atoms with Gasteiger partial charge >= 0.3 is 0 Å². The summed E-state index contributed by atoms with van der Waals surface area (Å²) < 4.78 is 13.9. The Morgan fingerprint density at radius 2 is 1.96 bits per heavy atom. The molecule has 1 N–H and O–H groups in total. The highest BCUT2D eigenvalue weighted by Gasteiger charge is 2.21. The van der Waals surface area contributed by atoms with E-state index in [1.165, 1.54) is 23.0 Å². The molecule has 2 aromatic rings. The number of piperidine rings is 1. The summed E-state index contributed by atoms with van der Waals surface area (Å²) in [5.41, 5.74) is 1.88. The number of rotatable bonds is 5. The third-order valence-corrected chi connectivity index (χ3v) is 5.77. The zero-order chi connectivity index (χ0) is 18.5. The van der Waals surface area contributed by atoms with E-state index in [1.807, 2.05) is 6.07 Å². The lowest BCUT2D eigenvalue weighted by molar-refractivity contribution is 0.0918. The molecule has 3 nitrogen and oxygen atoms in total. The number of nitrogens with zero attached hydrogens (tertiary/aromatic N) is 1. The zero-order valence-electron chi connectivity index (χ0n) is 15.3. The predicted octanol–water partition coefficient (Wildman–Crippen LogP) is 4.71. The van der Waals surface area contributed by atoms with Gasteiger partial charge in [0.25, 0.3) is 5.91 Å². The van der Waals surface area contributed by atoms with E-state index in [-0.39, 0.29) is 17.8 Å². The molecule has 138 valence electrons. The largest absolute Gasteiger partial charge is 0.349 e. The number of thiophene rings is 1. The number of hydrogen-bond donors (Lipinski definition) is 1. The highest BCUT2D eigenvalue weighted by molar-refractivity contribution is 7.17. The fraction of sp³-hybridized carbons (Fsp3) is 0.381. The van der Waals surface area contributed by atoms with Gasteiger partial charge in [-0.1, -0.05) is 29.8 Å². The Kier molecular flexibility index (Phi) is 6.22. The van der Waals surface area contributed by atoms with Crippen LogP contribution in [0.4, 0.5) is 4.39 Å². The van der Waals surface area contributed by atoms with Gasteiger partial charge in [0.15, 0.2) is 0 Å². The molecular weight excluding hydrogens is 347 g/mol. The molecule has 0 aliphatic carbocycles. The second-order valence-electron chi connectivity index (χ2n) is 6.97. The normalized spacial score (nSPS) is 15.7. The first-order valence-electron chi connectivity index (χ1n) is 9.04. The van der Waals surface area contributed by atoms with Crippen molar-refractivity contribution in [2.45, 2.75) is 32.7 Å². The Morgan fingerprint density at radius 1 is 1.23 bits per heavy atom. The molecular formula is C21H25FN2OS. The van der Waals surface area contributed by atoms with Crippen LogP contribution in [-0.2, 0) is 0 Å². The molecule has 0 atom stereocenters. The summed E-state index contributed by atoms with van der Waals surface area (Å²) >= 11 is 1.34. The number of hydrogen-bond acceptors (Lipinski definition) is 3. The summed E-state index contributed by atoms with van der Waals surface area (Å²) in [5, 5.41) is 3.14. The number of allylic oxidation sites excluding steroid dienone is 1. The Hall–Kier alpha value is -1.98. The van der Waals surface area contributed by atoms with E-state index < -0.39 is 0 Å². The molecule has 1 saturated heterocycles. The van der Waals surface area contributed by atoms with Gasteiger partial charge in [-0.05, 0) is 44.9 Å². The van der Waals surface area contributed by atoms with Crippen molar-refractivity contribution in [1.82, 2.24) is 10.2 Å². The molecule has 3 rings (SSSR count). The van der Waals surface area contributed by atoms with Crippen LogP contribution in [0, 0.1) is 5.82 Å². The molecule has 0 saturated carbocycles. The third kappa shape index (κ3) is 4.80. The molecule has 26 heavy (non-hydrogen) atoms. The summed E-state index contributed by atoms with van der Waals surface area (Å²) in [6.07, 6.45) is 4.18. The quantitative estimate of drug-likeness (QED) is 0.771. The first-order chi connectivity index (χ1) is 12.5. The number of amides is 1.